The molecule has 0 saturated heterocycles. The Morgan fingerprint density at radius 1 is 1.15 bits per heavy atom. The van der Waals surface area contributed by atoms with Crippen molar-refractivity contribution in [3.63, 3.8) is 0 Å². The van der Waals surface area contributed by atoms with Crippen LogP contribution in [0.25, 0.3) is 16.3 Å². The number of hydrogen-bond donors (Lipinski definition) is 1. The Balaban J connectivity index is 1.58. The van der Waals surface area contributed by atoms with E-state index in [-0.39, 0.29) is 6.03 Å². The van der Waals surface area contributed by atoms with E-state index in [0.717, 1.165) is 33.0 Å². The molecule has 3 heterocycles. The quantitative estimate of drug-likeness (QED) is 0.348. The van der Waals surface area contributed by atoms with Crippen molar-refractivity contribution in [3.8, 4) is 16.5 Å². The van der Waals surface area contributed by atoms with E-state index in [1.165, 1.54) is 11.3 Å². The van der Waals surface area contributed by atoms with Crippen molar-refractivity contribution in [3.05, 3.63) is 93.8 Å². The minimum atomic E-state index is -0.462. The van der Waals surface area contributed by atoms with E-state index in [1.807, 2.05) is 73.0 Å². The highest BCUT2D eigenvalue weighted by molar-refractivity contribution is 7.13. The third-order valence-corrected chi connectivity index (χ3v) is 6.82. The van der Waals surface area contributed by atoms with Gasteiger partial charge in [0.05, 0.1) is 30.1 Å². The molecule has 0 radical (unpaired) electrons. The largest absolute Gasteiger partial charge is 0.497 e. The van der Waals surface area contributed by atoms with Crippen LogP contribution in [0.1, 0.15) is 30.0 Å². The minimum absolute atomic E-state index is 0.213. The predicted octanol–water partition coefficient (Wildman–Crippen LogP) is 6.16. The molecule has 7 nitrogen and oxygen atoms in total. The van der Waals surface area contributed by atoms with Gasteiger partial charge in [0.15, 0.2) is 0 Å². The van der Waals surface area contributed by atoms with Crippen LogP contribution < -0.4 is 10.1 Å². The molecule has 0 aliphatic carbocycles. The van der Waals surface area contributed by atoms with Crippen LogP contribution in [0.3, 0.4) is 0 Å². The summed E-state index contributed by atoms with van der Waals surface area (Å²) >= 11 is 7.57. The van der Waals surface area contributed by atoms with Crippen LogP contribution in [-0.4, -0.2) is 28.2 Å². The summed E-state index contributed by atoms with van der Waals surface area (Å²) in [7, 11) is 1.62. The molecule has 0 fully saturated rings. The van der Waals surface area contributed by atoms with Gasteiger partial charge < -0.3 is 14.6 Å². The number of carbonyl (C=O) groups is 1. The molecule has 0 spiro atoms. The molecule has 172 valence electrons. The van der Waals surface area contributed by atoms with Crippen LogP contribution in [0.2, 0.25) is 5.02 Å². The predicted molar refractivity (Wildman–Crippen MR) is 131 cm³/mol. The number of ether oxygens (including phenoxy) is 1. The summed E-state index contributed by atoms with van der Waals surface area (Å²) in [5.41, 5.74) is 3.31. The number of benzene rings is 2. The Hall–Kier alpha value is -3.62. The van der Waals surface area contributed by atoms with Crippen molar-refractivity contribution in [1.29, 1.82) is 0 Å². The molecule has 1 aliphatic rings. The normalized spacial score (nSPS) is 16.0. The highest BCUT2D eigenvalue weighted by Crippen LogP contribution is 2.38. The van der Waals surface area contributed by atoms with Crippen molar-refractivity contribution in [1.82, 2.24) is 20.4 Å². The summed E-state index contributed by atoms with van der Waals surface area (Å²) in [5.74, 6) is 1.61. The number of carbonyl (C=O) groups excluding carboxylic acids is 1. The van der Waals surface area contributed by atoms with Crippen LogP contribution in [0, 0.1) is 0 Å². The Morgan fingerprint density at radius 2 is 1.91 bits per heavy atom. The van der Waals surface area contributed by atoms with Gasteiger partial charge in [-0.3, -0.25) is 4.90 Å². The molecular weight excluding hydrogens is 472 g/mol. The SMILES string of the molecule is COc1ccc(C2NC(=O)N(Cc3ccc(Cl)cc3)C(C)=C2c2nc(-c3cccs3)no2)cc1. The fourth-order valence-corrected chi connectivity index (χ4v) is 4.68. The Bertz CT molecular complexity index is 1330. The first kappa shape index (κ1) is 22.2. The lowest BCUT2D eigenvalue weighted by Crippen LogP contribution is -2.45. The van der Waals surface area contributed by atoms with Gasteiger partial charge in [-0.05, 0) is 53.8 Å². The Kier molecular flexibility index (Phi) is 6.08. The zero-order chi connectivity index (χ0) is 23.7. The van der Waals surface area contributed by atoms with E-state index < -0.39 is 6.04 Å². The van der Waals surface area contributed by atoms with E-state index in [9.17, 15) is 4.79 Å². The minimum Gasteiger partial charge on any atom is -0.497 e. The van der Waals surface area contributed by atoms with Crippen molar-refractivity contribution < 1.29 is 14.1 Å². The van der Waals surface area contributed by atoms with E-state index in [0.29, 0.717) is 23.3 Å². The highest BCUT2D eigenvalue weighted by Gasteiger charge is 2.35. The lowest BCUT2D eigenvalue weighted by Gasteiger charge is -2.35. The van der Waals surface area contributed by atoms with Crippen molar-refractivity contribution in [2.75, 3.05) is 7.11 Å². The molecule has 2 aromatic heterocycles. The van der Waals surface area contributed by atoms with E-state index in [4.69, 9.17) is 20.9 Å². The Morgan fingerprint density at radius 3 is 2.59 bits per heavy atom. The zero-order valence-electron chi connectivity index (χ0n) is 18.5. The van der Waals surface area contributed by atoms with Gasteiger partial charge in [-0.25, -0.2) is 4.79 Å². The van der Waals surface area contributed by atoms with Crippen molar-refractivity contribution >= 4 is 34.5 Å². The molecule has 4 aromatic rings. The number of amides is 2. The fourth-order valence-electron chi connectivity index (χ4n) is 3.91. The summed E-state index contributed by atoms with van der Waals surface area (Å²) in [4.78, 5) is 20.5. The third-order valence-electron chi connectivity index (χ3n) is 5.70. The van der Waals surface area contributed by atoms with E-state index >= 15 is 0 Å². The molecule has 1 unspecified atom stereocenters. The molecule has 5 rings (SSSR count). The van der Waals surface area contributed by atoms with Crippen LogP contribution in [0.5, 0.6) is 5.75 Å². The summed E-state index contributed by atoms with van der Waals surface area (Å²) in [5, 5.41) is 9.91. The average Bonchev–Trinajstić information content (AvgIpc) is 3.55. The lowest BCUT2D eigenvalue weighted by atomic mass is 9.94. The van der Waals surface area contributed by atoms with Gasteiger partial charge in [-0.2, -0.15) is 4.98 Å². The number of nitrogens with one attached hydrogen (secondary N) is 1. The number of hydrogen-bond acceptors (Lipinski definition) is 6. The summed E-state index contributed by atoms with van der Waals surface area (Å²) < 4.78 is 11.0. The number of rotatable bonds is 6. The second-order valence-corrected chi connectivity index (χ2v) is 9.15. The first-order chi connectivity index (χ1) is 16.5. The molecule has 9 heteroatoms. The number of aromatic nitrogens is 2. The van der Waals surface area contributed by atoms with E-state index in [1.54, 1.807) is 12.0 Å². The fraction of sp³-hybridized carbons (Fsp3) is 0.160. The van der Waals surface area contributed by atoms with Gasteiger partial charge in [-0.1, -0.05) is 47.1 Å². The maximum absolute atomic E-state index is 13.2. The van der Waals surface area contributed by atoms with Crippen LogP contribution in [0.15, 0.2) is 76.3 Å². The van der Waals surface area contributed by atoms with Gasteiger partial charge >= 0.3 is 6.03 Å². The van der Waals surface area contributed by atoms with Crippen LogP contribution >= 0.6 is 22.9 Å². The van der Waals surface area contributed by atoms with Crippen molar-refractivity contribution in [2.24, 2.45) is 0 Å². The van der Waals surface area contributed by atoms with Crippen LogP contribution in [-0.2, 0) is 6.54 Å². The number of thiophene rings is 1. The maximum Gasteiger partial charge on any atom is 0.322 e. The molecule has 1 N–H and O–H groups in total. The third kappa shape index (κ3) is 4.30. The second-order valence-electron chi connectivity index (χ2n) is 7.77. The number of nitrogens with zero attached hydrogens (tertiary/aromatic N) is 3. The Labute approximate surface area is 205 Å². The highest BCUT2D eigenvalue weighted by atomic mass is 35.5. The topological polar surface area (TPSA) is 80.5 Å². The zero-order valence-corrected chi connectivity index (χ0v) is 20.1. The first-order valence-electron chi connectivity index (χ1n) is 10.6. The lowest BCUT2D eigenvalue weighted by molar-refractivity contribution is 0.203. The molecule has 34 heavy (non-hydrogen) atoms. The average molecular weight is 493 g/mol. The smallest absolute Gasteiger partial charge is 0.322 e. The van der Waals surface area contributed by atoms with Gasteiger partial charge in [-0.15, -0.1) is 11.3 Å². The number of halogens is 1. The number of methoxy groups -OCH3 is 1. The van der Waals surface area contributed by atoms with Crippen molar-refractivity contribution in [2.45, 2.75) is 19.5 Å². The molecule has 2 amide bonds. The van der Waals surface area contributed by atoms with Crippen LogP contribution in [0.4, 0.5) is 4.79 Å². The molecule has 1 atom stereocenters. The van der Waals surface area contributed by atoms with Gasteiger partial charge in [0.2, 0.25) is 5.82 Å². The summed E-state index contributed by atoms with van der Waals surface area (Å²) in [6, 6.07) is 18.2. The second kappa shape index (κ2) is 9.32. The molecule has 0 bridgehead atoms. The molecular formula is C25H21ClN4O3S. The van der Waals surface area contributed by atoms with Gasteiger partial charge in [0.1, 0.15) is 5.75 Å². The summed E-state index contributed by atoms with van der Waals surface area (Å²) in [6.45, 7) is 2.27. The first-order valence-corrected chi connectivity index (χ1v) is 11.8. The monoisotopic (exact) mass is 492 g/mol. The number of allylic oxidation sites excluding steroid dienone is 1. The van der Waals surface area contributed by atoms with Gasteiger partial charge in [0.25, 0.3) is 5.89 Å². The van der Waals surface area contributed by atoms with Gasteiger partial charge in [0, 0.05) is 10.7 Å². The maximum atomic E-state index is 13.2. The molecule has 1 aliphatic heterocycles. The molecule has 2 aromatic carbocycles. The standard InChI is InChI=1S/C25H21ClN4O3S/c1-15-21(24-28-23(29-33-24)20-4-3-13-34-20)22(17-7-11-19(32-2)12-8-17)27-25(31)30(15)14-16-5-9-18(26)10-6-16/h3-13,22H,14H2,1-2H3,(H,27,31). The number of urea groups is 1. The summed E-state index contributed by atoms with van der Waals surface area (Å²) in [6.07, 6.45) is 0. The molecule has 0 saturated carbocycles. The van der Waals surface area contributed by atoms with E-state index in [2.05, 4.69) is 15.5 Å².